The molecule has 0 saturated carbocycles. The van der Waals surface area contributed by atoms with Crippen LogP contribution in [0.2, 0.25) is 0 Å². The van der Waals surface area contributed by atoms with Crippen molar-refractivity contribution in [1.82, 2.24) is 4.98 Å². The van der Waals surface area contributed by atoms with E-state index in [1.807, 2.05) is 51.1 Å². The minimum Gasteiger partial charge on any atom is -0.442 e. The van der Waals surface area contributed by atoms with Crippen molar-refractivity contribution in [3.8, 4) is 0 Å². The Morgan fingerprint density at radius 3 is 2.43 bits per heavy atom. The number of rotatable bonds is 3. The van der Waals surface area contributed by atoms with E-state index in [1.165, 1.54) is 5.01 Å². The first-order chi connectivity index (χ1) is 9.96. The zero-order chi connectivity index (χ0) is 15.3. The van der Waals surface area contributed by atoms with Crippen molar-refractivity contribution in [3.63, 3.8) is 0 Å². The number of carbonyl (C=O) groups is 1. The number of aromatic nitrogens is 1. The Morgan fingerprint density at radius 2 is 1.86 bits per heavy atom. The molecule has 2 aromatic rings. The van der Waals surface area contributed by atoms with Crippen LogP contribution in [0.5, 0.6) is 0 Å². The maximum atomic E-state index is 12.4. The van der Waals surface area contributed by atoms with Crippen molar-refractivity contribution in [2.45, 2.75) is 26.4 Å². The number of nitrogens with one attached hydrogen (secondary N) is 1. The summed E-state index contributed by atoms with van der Waals surface area (Å²) in [6, 6.07) is 13.0. The second kappa shape index (κ2) is 6.26. The van der Waals surface area contributed by atoms with Gasteiger partial charge in [-0.2, -0.15) is 5.01 Å². The lowest BCUT2D eigenvalue weighted by Crippen LogP contribution is -2.40. The van der Waals surface area contributed by atoms with Crippen molar-refractivity contribution in [2.24, 2.45) is 0 Å². The number of ether oxygens (including phenoxy) is 1. The SMILES string of the molecule is CC(C)(C)OC(=O)N(Nc1ccccc1)c1cccnc1. The van der Waals surface area contributed by atoms with E-state index in [1.54, 1.807) is 24.5 Å². The molecule has 21 heavy (non-hydrogen) atoms. The van der Waals surface area contributed by atoms with E-state index in [4.69, 9.17) is 4.74 Å². The molecule has 1 aromatic carbocycles. The highest BCUT2D eigenvalue weighted by Crippen LogP contribution is 2.18. The van der Waals surface area contributed by atoms with Gasteiger partial charge in [-0.05, 0) is 45.0 Å². The van der Waals surface area contributed by atoms with E-state index >= 15 is 0 Å². The lowest BCUT2D eigenvalue weighted by Gasteiger charge is -2.28. The molecule has 5 heteroatoms. The molecule has 0 aliphatic heterocycles. The Hall–Kier alpha value is -2.56. The lowest BCUT2D eigenvalue weighted by atomic mass is 10.2. The first-order valence-corrected chi connectivity index (χ1v) is 6.70. The number of pyridine rings is 1. The van der Waals surface area contributed by atoms with Gasteiger partial charge in [-0.1, -0.05) is 18.2 Å². The summed E-state index contributed by atoms with van der Waals surface area (Å²) in [6.07, 6.45) is 2.76. The Morgan fingerprint density at radius 1 is 1.14 bits per heavy atom. The highest BCUT2D eigenvalue weighted by molar-refractivity contribution is 5.89. The molecule has 0 spiro atoms. The van der Waals surface area contributed by atoms with E-state index in [-0.39, 0.29) is 0 Å². The van der Waals surface area contributed by atoms with Gasteiger partial charge >= 0.3 is 6.09 Å². The Labute approximate surface area is 124 Å². The van der Waals surface area contributed by atoms with Gasteiger partial charge in [-0.25, -0.2) is 4.79 Å². The van der Waals surface area contributed by atoms with Crippen molar-refractivity contribution < 1.29 is 9.53 Å². The van der Waals surface area contributed by atoms with Crippen LogP contribution in [0.25, 0.3) is 0 Å². The second-order valence-corrected chi connectivity index (χ2v) is 5.50. The predicted octanol–water partition coefficient (Wildman–Crippen LogP) is 3.85. The van der Waals surface area contributed by atoms with E-state index < -0.39 is 11.7 Å². The summed E-state index contributed by atoms with van der Waals surface area (Å²) in [7, 11) is 0. The molecule has 0 aliphatic rings. The first kappa shape index (κ1) is 14.8. The largest absolute Gasteiger partial charge is 0.442 e. The van der Waals surface area contributed by atoms with Gasteiger partial charge in [0.2, 0.25) is 0 Å². The molecule has 0 bridgehead atoms. The molecule has 0 unspecified atom stereocenters. The Kier molecular flexibility index (Phi) is 4.42. The highest BCUT2D eigenvalue weighted by Gasteiger charge is 2.23. The van der Waals surface area contributed by atoms with Crippen LogP contribution in [0, 0.1) is 0 Å². The van der Waals surface area contributed by atoms with Gasteiger partial charge in [0.25, 0.3) is 0 Å². The fourth-order valence-corrected chi connectivity index (χ4v) is 1.65. The smallest absolute Gasteiger partial charge is 0.434 e. The number of anilines is 2. The summed E-state index contributed by atoms with van der Waals surface area (Å²) in [5.41, 5.74) is 3.85. The normalized spacial score (nSPS) is 10.8. The summed E-state index contributed by atoms with van der Waals surface area (Å²) in [5, 5.41) is 1.34. The number of hydrogen-bond acceptors (Lipinski definition) is 4. The zero-order valence-corrected chi connectivity index (χ0v) is 12.4. The molecule has 1 N–H and O–H groups in total. The Balaban J connectivity index is 2.25. The van der Waals surface area contributed by atoms with Crippen LogP contribution in [0.1, 0.15) is 20.8 Å². The summed E-state index contributed by atoms with van der Waals surface area (Å²) in [4.78, 5) is 16.4. The molecule has 1 aromatic heterocycles. The minimum absolute atomic E-state index is 0.487. The van der Waals surface area contributed by atoms with Crippen LogP contribution in [-0.4, -0.2) is 16.7 Å². The van der Waals surface area contributed by atoms with Crippen LogP contribution in [0.4, 0.5) is 16.2 Å². The molecule has 5 nitrogen and oxygen atoms in total. The lowest BCUT2D eigenvalue weighted by molar-refractivity contribution is 0.0589. The minimum atomic E-state index is -0.574. The average Bonchev–Trinajstić information content (AvgIpc) is 2.45. The number of nitrogens with zero attached hydrogens (tertiary/aromatic N) is 2. The van der Waals surface area contributed by atoms with Gasteiger partial charge in [-0.3, -0.25) is 10.4 Å². The number of benzene rings is 1. The molecule has 1 amide bonds. The van der Waals surface area contributed by atoms with Crippen molar-refractivity contribution in [2.75, 3.05) is 10.4 Å². The second-order valence-electron chi connectivity index (χ2n) is 5.50. The van der Waals surface area contributed by atoms with Crippen molar-refractivity contribution in [1.29, 1.82) is 0 Å². The third kappa shape index (κ3) is 4.49. The number of hydrazine groups is 1. The van der Waals surface area contributed by atoms with Gasteiger partial charge in [0.1, 0.15) is 5.60 Å². The fourth-order valence-electron chi connectivity index (χ4n) is 1.65. The maximum Gasteiger partial charge on any atom is 0.434 e. The number of carbonyl (C=O) groups excluding carboxylic acids is 1. The third-order valence-electron chi connectivity index (χ3n) is 2.49. The quantitative estimate of drug-likeness (QED) is 0.870. The van der Waals surface area contributed by atoms with Crippen molar-refractivity contribution in [3.05, 3.63) is 54.9 Å². The van der Waals surface area contributed by atoms with Gasteiger partial charge in [0, 0.05) is 6.20 Å². The first-order valence-electron chi connectivity index (χ1n) is 6.70. The van der Waals surface area contributed by atoms with Crippen LogP contribution in [-0.2, 0) is 4.74 Å². The van der Waals surface area contributed by atoms with Gasteiger partial charge in [-0.15, -0.1) is 0 Å². The van der Waals surface area contributed by atoms with Gasteiger partial charge < -0.3 is 4.74 Å². The number of para-hydroxylation sites is 1. The van der Waals surface area contributed by atoms with E-state index in [0.29, 0.717) is 5.69 Å². The van der Waals surface area contributed by atoms with Crippen LogP contribution >= 0.6 is 0 Å². The molecule has 0 saturated heterocycles. The fraction of sp³-hybridized carbons (Fsp3) is 0.250. The summed E-state index contributed by atoms with van der Waals surface area (Å²) in [6.45, 7) is 5.48. The molecule has 0 radical (unpaired) electrons. The highest BCUT2D eigenvalue weighted by atomic mass is 16.6. The van der Waals surface area contributed by atoms with Gasteiger partial charge in [0.15, 0.2) is 0 Å². The average molecular weight is 285 g/mol. The Bertz CT molecular complexity index is 579. The summed E-state index contributed by atoms with van der Waals surface area (Å²) in [5.74, 6) is 0. The molecule has 2 rings (SSSR count). The molecule has 0 fully saturated rings. The summed E-state index contributed by atoms with van der Waals surface area (Å²) >= 11 is 0. The van der Waals surface area contributed by atoms with Crippen LogP contribution in [0.15, 0.2) is 54.9 Å². The topological polar surface area (TPSA) is 54.5 Å². The van der Waals surface area contributed by atoms with E-state index in [2.05, 4.69) is 10.4 Å². The van der Waals surface area contributed by atoms with Crippen LogP contribution < -0.4 is 10.4 Å². The van der Waals surface area contributed by atoms with Crippen LogP contribution in [0.3, 0.4) is 0 Å². The predicted molar refractivity (Wildman–Crippen MR) is 83.0 cm³/mol. The maximum absolute atomic E-state index is 12.4. The molecule has 110 valence electrons. The molecular formula is C16H19N3O2. The molecule has 1 heterocycles. The van der Waals surface area contributed by atoms with E-state index in [0.717, 1.165) is 5.69 Å². The summed E-state index contributed by atoms with van der Waals surface area (Å²) < 4.78 is 5.42. The molecule has 0 aliphatic carbocycles. The third-order valence-corrected chi connectivity index (χ3v) is 2.49. The molecule has 0 atom stereocenters. The number of hydrogen-bond donors (Lipinski definition) is 1. The van der Waals surface area contributed by atoms with Crippen molar-refractivity contribution >= 4 is 17.5 Å². The van der Waals surface area contributed by atoms with Gasteiger partial charge in [0.05, 0.1) is 17.6 Å². The van der Waals surface area contributed by atoms with E-state index in [9.17, 15) is 4.79 Å². The zero-order valence-electron chi connectivity index (χ0n) is 12.4. The monoisotopic (exact) mass is 285 g/mol. The number of amides is 1. The standard InChI is InChI=1S/C16H19N3O2/c1-16(2,3)21-15(20)19(14-10-7-11-17-12-14)18-13-8-5-4-6-9-13/h4-12,18H,1-3H3. The molecular weight excluding hydrogens is 266 g/mol.